The lowest BCUT2D eigenvalue weighted by Crippen LogP contribution is -2.18. The van der Waals surface area contributed by atoms with Gasteiger partial charge < -0.3 is 10.6 Å². The van der Waals surface area contributed by atoms with E-state index in [9.17, 15) is 0 Å². The fourth-order valence-electron chi connectivity index (χ4n) is 3.51. The summed E-state index contributed by atoms with van der Waals surface area (Å²) in [4.78, 5) is 4.40. The SMILES string of the molecule is C=C(/C=C\C=C/C)c1ccc(CNCCCCNCc2ccc(-c3ccccn3)cc2)cc1. The molecule has 1 heterocycles. The maximum atomic E-state index is 4.40. The summed E-state index contributed by atoms with van der Waals surface area (Å²) < 4.78 is 0. The molecule has 1 aromatic heterocycles. The van der Waals surface area contributed by atoms with E-state index in [1.165, 1.54) is 11.1 Å². The van der Waals surface area contributed by atoms with Crippen molar-refractivity contribution in [3.63, 3.8) is 0 Å². The molecular formula is C30H35N3. The molecule has 0 aliphatic carbocycles. The summed E-state index contributed by atoms with van der Waals surface area (Å²) in [6.07, 6.45) is 12.2. The average Bonchev–Trinajstić information content (AvgIpc) is 2.87. The molecule has 0 saturated carbocycles. The predicted molar refractivity (Wildman–Crippen MR) is 142 cm³/mol. The van der Waals surface area contributed by atoms with E-state index >= 15 is 0 Å². The van der Waals surface area contributed by atoms with Crippen LogP contribution in [-0.4, -0.2) is 18.1 Å². The van der Waals surface area contributed by atoms with Crippen molar-refractivity contribution in [1.82, 2.24) is 15.6 Å². The van der Waals surface area contributed by atoms with Gasteiger partial charge in [0.15, 0.2) is 0 Å². The molecule has 3 aromatic rings. The van der Waals surface area contributed by atoms with E-state index in [1.54, 1.807) is 0 Å². The summed E-state index contributed by atoms with van der Waals surface area (Å²) in [7, 11) is 0. The Hall–Kier alpha value is -3.27. The molecule has 0 amide bonds. The number of aromatic nitrogens is 1. The van der Waals surface area contributed by atoms with Crippen LogP contribution in [0.4, 0.5) is 0 Å². The van der Waals surface area contributed by atoms with Gasteiger partial charge in [-0.25, -0.2) is 0 Å². The molecule has 0 saturated heterocycles. The minimum absolute atomic E-state index is 0.900. The number of hydrogen-bond acceptors (Lipinski definition) is 3. The van der Waals surface area contributed by atoms with Crippen molar-refractivity contribution in [3.05, 3.63) is 121 Å². The number of hydrogen-bond donors (Lipinski definition) is 2. The van der Waals surface area contributed by atoms with Crippen molar-refractivity contribution in [3.8, 4) is 11.3 Å². The monoisotopic (exact) mass is 437 g/mol. The fraction of sp³-hybridized carbons (Fsp3) is 0.233. The number of rotatable bonds is 13. The molecule has 0 fully saturated rings. The quantitative estimate of drug-likeness (QED) is 0.235. The van der Waals surface area contributed by atoms with Crippen molar-refractivity contribution < 1.29 is 0 Å². The van der Waals surface area contributed by atoms with Gasteiger partial charge in [0.2, 0.25) is 0 Å². The van der Waals surface area contributed by atoms with Gasteiger partial charge in [-0.3, -0.25) is 4.98 Å². The second-order valence-electron chi connectivity index (χ2n) is 8.08. The third-order valence-electron chi connectivity index (χ3n) is 5.46. The Kier molecular flexibility index (Phi) is 10.3. The van der Waals surface area contributed by atoms with Crippen LogP contribution in [0.3, 0.4) is 0 Å². The molecule has 2 aromatic carbocycles. The van der Waals surface area contributed by atoms with Gasteiger partial charge in [-0.2, -0.15) is 0 Å². The van der Waals surface area contributed by atoms with Crippen LogP contribution in [0.1, 0.15) is 36.5 Å². The Labute approximate surface area is 199 Å². The van der Waals surface area contributed by atoms with Gasteiger partial charge in [-0.05, 0) is 67.3 Å². The van der Waals surface area contributed by atoms with Crippen molar-refractivity contribution in [2.45, 2.75) is 32.9 Å². The largest absolute Gasteiger partial charge is 0.313 e. The molecule has 2 N–H and O–H groups in total. The lowest BCUT2D eigenvalue weighted by Gasteiger charge is -2.08. The Bertz CT molecular complexity index is 1020. The van der Waals surface area contributed by atoms with Gasteiger partial charge in [0, 0.05) is 24.8 Å². The number of nitrogens with zero attached hydrogens (tertiary/aromatic N) is 1. The van der Waals surface area contributed by atoms with E-state index in [1.807, 2.05) is 55.6 Å². The summed E-state index contributed by atoms with van der Waals surface area (Å²) in [5, 5.41) is 7.09. The highest BCUT2D eigenvalue weighted by atomic mass is 14.9. The Morgan fingerprint density at radius 1 is 0.818 bits per heavy atom. The van der Waals surface area contributed by atoms with Gasteiger partial charge in [0.25, 0.3) is 0 Å². The van der Waals surface area contributed by atoms with Gasteiger partial charge in [-0.15, -0.1) is 0 Å². The van der Waals surface area contributed by atoms with Crippen molar-refractivity contribution in [2.24, 2.45) is 0 Å². The van der Waals surface area contributed by atoms with E-state index < -0.39 is 0 Å². The highest BCUT2D eigenvalue weighted by Crippen LogP contribution is 2.17. The van der Waals surface area contributed by atoms with Crippen LogP contribution in [0.25, 0.3) is 16.8 Å². The minimum Gasteiger partial charge on any atom is -0.313 e. The second-order valence-corrected chi connectivity index (χ2v) is 8.08. The van der Waals surface area contributed by atoms with Crippen molar-refractivity contribution >= 4 is 5.57 Å². The van der Waals surface area contributed by atoms with Gasteiger partial charge >= 0.3 is 0 Å². The fourth-order valence-corrected chi connectivity index (χ4v) is 3.51. The van der Waals surface area contributed by atoms with Crippen LogP contribution < -0.4 is 10.6 Å². The molecule has 0 atom stereocenters. The molecule has 3 nitrogen and oxygen atoms in total. The van der Waals surface area contributed by atoms with Crippen LogP contribution in [0, 0.1) is 0 Å². The maximum Gasteiger partial charge on any atom is 0.0701 e. The summed E-state index contributed by atoms with van der Waals surface area (Å²) in [6.45, 7) is 10.00. The van der Waals surface area contributed by atoms with E-state index in [0.29, 0.717) is 0 Å². The smallest absolute Gasteiger partial charge is 0.0701 e. The molecule has 0 bridgehead atoms. The predicted octanol–water partition coefficient (Wildman–Crippen LogP) is 6.55. The first-order valence-electron chi connectivity index (χ1n) is 11.8. The van der Waals surface area contributed by atoms with Gasteiger partial charge in [-0.1, -0.05) is 85.5 Å². The number of allylic oxidation sites excluding steroid dienone is 5. The van der Waals surface area contributed by atoms with E-state index in [-0.39, 0.29) is 0 Å². The highest BCUT2D eigenvalue weighted by molar-refractivity contribution is 5.72. The third kappa shape index (κ3) is 8.64. The standard InChI is InChI=1S/C30H35N3/c1-3-4-5-10-25(2)28-16-12-26(13-17-28)23-31-20-8-9-21-32-24-27-14-18-29(19-15-27)30-11-6-7-22-33-30/h3-7,10-19,22,31-32H,2,8-9,20-21,23-24H2,1H3/b4-3-,10-5-. The normalized spacial score (nSPS) is 11.4. The molecule has 0 spiro atoms. The van der Waals surface area contributed by atoms with Gasteiger partial charge in [0.1, 0.15) is 0 Å². The third-order valence-corrected chi connectivity index (χ3v) is 5.46. The summed E-state index contributed by atoms with van der Waals surface area (Å²) >= 11 is 0. The molecule has 0 radical (unpaired) electrons. The van der Waals surface area contributed by atoms with E-state index in [4.69, 9.17) is 0 Å². The Balaban J connectivity index is 1.26. The molecule has 0 aliphatic heterocycles. The number of nitrogens with one attached hydrogen (secondary N) is 2. The first-order valence-corrected chi connectivity index (χ1v) is 11.8. The van der Waals surface area contributed by atoms with E-state index in [0.717, 1.165) is 61.4 Å². The van der Waals surface area contributed by atoms with Crippen LogP contribution >= 0.6 is 0 Å². The molecule has 3 rings (SSSR count). The number of unbranched alkanes of at least 4 members (excludes halogenated alkanes) is 1. The first-order chi connectivity index (χ1) is 16.3. The summed E-state index contributed by atoms with van der Waals surface area (Å²) in [6, 6.07) is 23.3. The molecule has 33 heavy (non-hydrogen) atoms. The molecule has 3 heteroatoms. The van der Waals surface area contributed by atoms with Crippen LogP contribution in [0.15, 0.2) is 104 Å². The first kappa shape index (κ1) is 24.4. The lowest BCUT2D eigenvalue weighted by atomic mass is 10.0. The topological polar surface area (TPSA) is 37.0 Å². The zero-order valence-electron chi connectivity index (χ0n) is 19.6. The highest BCUT2D eigenvalue weighted by Gasteiger charge is 1.99. The zero-order valence-corrected chi connectivity index (χ0v) is 19.6. The van der Waals surface area contributed by atoms with Crippen molar-refractivity contribution in [1.29, 1.82) is 0 Å². The van der Waals surface area contributed by atoms with Crippen molar-refractivity contribution in [2.75, 3.05) is 13.1 Å². The van der Waals surface area contributed by atoms with Crippen LogP contribution in [-0.2, 0) is 13.1 Å². The zero-order chi connectivity index (χ0) is 23.1. The molecular weight excluding hydrogens is 402 g/mol. The molecule has 0 unspecified atom stereocenters. The second kappa shape index (κ2) is 14.0. The van der Waals surface area contributed by atoms with E-state index in [2.05, 4.69) is 70.7 Å². The molecule has 170 valence electrons. The number of benzene rings is 2. The lowest BCUT2D eigenvalue weighted by molar-refractivity contribution is 0.582. The average molecular weight is 438 g/mol. The molecule has 0 aliphatic rings. The van der Waals surface area contributed by atoms with Gasteiger partial charge in [0.05, 0.1) is 5.69 Å². The number of pyridine rings is 1. The summed E-state index contributed by atoms with van der Waals surface area (Å²) in [5.41, 5.74) is 6.98. The Morgan fingerprint density at radius 3 is 2.03 bits per heavy atom. The van der Waals surface area contributed by atoms with Crippen LogP contribution in [0.5, 0.6) is 0 Å². The summed E-state index contributed by atoms with van der Waals surface area (Å²) in [5.74, 6) is 0. The minimum atomic E-state index is 0.900. The van der Waals surface area contributed by atoms with Crippen LogP contribution in [0.2, 0.25) is 0 Å². The Morgan fingerprint density at radius 2 is 1.45 bits per heavy atom. The maximum absolute atomic E-state index is 4.40.